The van der Waals surface area contributed by atoms with E-state index in [2.05, 4.69) is 5.32 Å². The predicted octanol–water partition coefficient (Wildman–Crippen LogP) is 1.33. The number of hydrogen-bond acceptors (Lipinski definition) is 5. The maximum Gasteiger partial charge on any atom is 0.246 e. The fourth-order valence-corrected chi connectivity index (χ4v) is 6.26. The number of carbonyl (C=O) groups excluding carboxylic acids is 3. The van der Waals surface area contributed by atoms with Gasteiger partial charge in [0, 0.05) is 10.9 Å². The Balaban J connectivity index is 1.49. The second kappa shape index (κ2) is 6.95. The van der Waals surface area contributed by atoms with Gasteiger partial charge in [0.05, 0.1) is 24.5 Å². The van der Waals surface area contributed by atoms with Crippen molar-refractivity contribution in [3.8, 4) is 0 Å². The third-order valence-electron chi connectivity index (χ3n) is 6.81. The molecule has 3 N–H and O–H groups in total. The van der Waals surface area contributed by atoms with Crippen molar-refractivity contribution in [2.24, 2.45) is 17.6 Å². The lowest BCUT2D eigenvalue weighted by Crippen LogP contribution is -2.56. The van der Waals surface area contributed by atoms with Gasteiger partial charge in [-0.15, -0.1) is 11.3 Å². The molecule has 3 amide bonds. The number of thiophene rings is 1. The minimum atomic E-state index is -1.11. The number of nitrogens with two attached hydrogens (primary N) is 1. The highest BCUT2D eigenvalue weighted by Gasteiger charge is 2.72. The van der Waals surface area contributed by atoms with Gasteiger partial charge in [0.1, 0.15) is 11.6 Å². The Morgan fingerprint density at radius 1 is 1.31 bits per heavy atom. The summed E-state index contributed by atoms with van der Waals surface area (Å²) in [5.41, 5.74) is 4.52. The predicted molar refractivity (Wildman–Crippen MR) is 107 cm³/mol. The first kappa shape index (κ1) is 18.8. The largest absolute Gasteiger partial charge is 0.369 e. The quantitative estimate of drug-likeness (QED) is 0.709. The zero-order chi connectivity index (χ0) is 20.2. The van der Waals surface area contributed by atoms with Gasteiger partial charge in [-0.2, -0.15) is 0 Å². The third kappa shape index (κ3) is 2.84. The molecule has 3 aliphatic heterocycles. The smallest absolute Gasteiger partial charge is 0.246 e. The first-order chi connectivity index (χ1) is 14.0. The number of amides is 3. The molecular weight excluding hydrogens is 390 g/mol. The molecule has 5 rings (SSSR count). The fourth-order valence-electron chi connectivity index (χ4n) is 5.56. The van der Waals surface area contributed by atoms with E-state index >= 15 is 0 Å². The summed E-state index contributed by atoms with van der Waals surface area (Å²) in [6, 6.07) is 3.19. The van der Waals surface area contributed by atoms with Crippen LogP contribution in [-0.2, 0) is 25.7 Å². The van der Waals surface area contributed by atoms with Crippen LogP contribution in [0.1, 0.15) is 37.0 Å². The van der Waals surface area contributed by atoms with Gasteiger partial charge in [0.25, 0.3) is 0 Å². The number of nitrogens with zero attached hydrogens (tertiary/aromatic N) is 1. The highest BCUT2D eigenvalue weighted by atomic mass is 32.1. The van der Waals surface area contributed by atoms with Gasteiger partial charge in [-0.3, -0.25) is 14.4 Å². The zero-order valence-corrected chi connectivity index (χ0v) is 16.9. The van der Waals surface area contributed by atoms with Crippen molar-refractivity contribution in [2.45, 2.75) is 62.4 Å². The second-order valence-corrected chi connectivity index (χ2v) is 9.52. The van der Waals surface area contributed by atoms with Gasteiger partial charge in [-0.1, -0.05) is 37.5 Å². The minimum absolute atomic E-state index is 0.125. The van der Waals surface area contributed by atoms with E-state index in [-0.39, 0.29) is 17.9 Å². The maximum atomic E-state index is 13.5. The molecule has 7 nitrogen and oxygen atoms in total. The van der Waals surface area contributed by atoms with Gasteiger partial charge < -0.3 is 20.7 Å². The molecular formula is C21H25N3O4S. The molecule has 1 saturated carbocycles. The summed E-state index contributed by atoms with van der Waals surface area (Å²) in [6.07, 6.45) is 8.38. The van der Waals surface area contributed by atoms with Crippen LogP contribution in [0.3, 0.4) is 0 Å². The molecule has 4 heterocycles. The molecule has 1 aromatic rings. The van der Waals surface area contributed by atoms with Crippen LogP contribution in [-0.4, -0.2) is 46.4 Å². The summed E-state index contributed by atoms with van der Waals surface area (Å²) in [6.45, 7) is 0.324. The van der Waals surface area contributed by atoms with E-state index in [9.17, 15) is 14.4 Å². The number of carbonyl (C=O) groups is 3. The van der Waals surface area contributed by atoms with Crippen LogP contribution in [0.2, 0.25) is 0 Å². The topological polar surface area (TPSA) is 102 Å². The van der Waals surface area contributed by atoms with Gasteiger partial charge >= 0.3 is 0 Å². The molecule has 0 radical (unpaired) electrons. The number of rotatable bonds is 5. The van der Waals surface area contributed by atoms with Crippen molar-refractivity contribution < 1.29 is 19.1 Å². The van der Waals surface area contributed by atoms with Crippen LogP contribution in [0.25, 0.3) is 0 Å². The van der Waals surface area contributed by atoms with E-state index in [1.165, 1.54) is 17.8 Å². The van der Waals surface area contributed by atoms with E-state index in [0.29, 0.717) is 6.54 Å². The lowest BCUT2D eigenvalue weighted by atomic mass is 9.74. The molecule has 0 aromatic carbocycles. The first-order valence-corrected chi connectivity index (χ1v) is 11.2. The molecule has 29 heavy (non-hydrogen) atoms. The molecule has 2 saturated heterocycles. The number of fused-ring (bicyclic) bond motifs is 1. The fraction of sp³-hybridized carbons (Fsp3) is 0.571. The van der Waals surface area contributed by atoms with Crippen molar-refractivity contribution in [1.82, 2.24) is 10.2 Å². The Morgan fingerprint density at radius 3 is 2.79 bits per heavy atom. The van der Waals surface area contributed by atoms with Crippen LogP contribution in [0.15, 0.2) is 29.7 Å². The number of primary amides is 1. The second-order valence-electron chi connectivity index (χ2n) is 8.49. The van der Waals surface area contributed by atoms with Crippen LogP contribution in [0, 0.1) is 11.8 Å². The van der Waals surface area contributed by atoms with Crippen molar-refractivity contribution in [1.29, 1.82) is 0 Å². The van der Waals surface area contributed by atoms with Gasteiger partial charge in [-0.25, -0.2) is 0 Å². The van der Waals surface area contributed by atoms with Crippen LogP contribution in [0.5, 0.6) is 0 Å². The number of ether oxygens (including phenoxy) is 1. The van der Waals surface area contributed by atoms with Crippen LogP contribution < -0.4 is 11.1 Å². The molecule has 4 aliphatic rings. The summed E-state index contributed by atoms with van der Waals surface area (Å²) < 4.78 is 6.17. The Morgan fingerprint density at radius 2 is 2.10 bits per heavy atom. The van der Waals surface area contributed by atoms with Crippen molar-refractivity contribution in [3.63, 3.8) is 0 Å². The molecule has 1 spiro atoms. The summed E-state index contributed by atoms with van der Waals surface area (Å²) in [5.74, 6) is -2.44. The van der Waals surface area contributed by atoms with E-state index in [1.54, 1.807) is 11.0 Å². The third-order valence-corrected chi connectivity index (χ3v) is 7.67. The number of nitrogens with one attached hydrogen (secondary N) is 1. The molecule has 0 unspecified atom stereocenters. The Bertz CT molecular complexity index is 863. The van der Waals surface area contributed by atoms with Crippen molar-refractivity contribution in [3.05, 3.63) is 34.5 Å². The summed E-state index contributed by atoms with van der Waals surface area (Å²) in [7, 11) is 0. The summed E-state index contributed by atoms with van der Waals surface area (Å²) in [4.78, 5) is 41.6. The monoisotopic (exact) mass is 415 g/mol. The average molecular weight is 416 g/mol. The number of hydrogen-bond donors (Lipinski definition) is 2. The van der Waals surface area contributed by atoms with E-state index < -0.39 is 35.5 Å². The van der Waals surface area contributed by atoms with Crippen LogP contribution >= 0.6 is 11.3 Å². The summed E-state index contributed by atoms with van der Waals surface area (Å²) >= 11 is 1.54. The van der Waals surface area contributed by atoms with Crippen molar-refractivity contribution in [2.75, 3.05) is 0 Å². The Labute approximate surface area is 173 Å². The Hall–Kier alpha value is -2.19. The number of likely N-dealkylation sites (tertiary alicyclic amines) is 1. The SMILES string of the molecule is NC(=O)[C@H]1[C@H]2C(=O)N(Cc3cccs3)[C@@H](C(=O)NC3CCCCC3)[C@@]23C=C[C@H]1O3. The standard InChI is InChI=1S/C21H25N3O4S/c22-18(25)15-14-8-9-21(28-14)16(15)20(27)24(11-13-7-4-10-29-13)17(21)19(26)23-12-5-2-1-3-6-12/h4,7-10,12,14-17H,1-3,5-6,11H2,(H2,22,25)(H,23,26)/t14-,15-,16+,17+,21-/m1/s1. The van der Waals surface area contributed by atoms with Gasteiger partial charge in [-0.05, 0) is 24.3 Å². The first-order valence-electron chi connectivity index (χ1n) is 10.3. The Kier molecular flexibility index (Phi) is 4.51. The normalized spacial score (nSPS) is 35.9. The molecule has 2 bridgehead atoms. The van der Waals surface area contributed by atoms with Gasteiger partial charge in [0.2, 0.25) is 17.7 Å². The summed E-state index contributed by atoms with van der Waals surface area (Å²) in [5, 5.41) is 5.11. The maximum absolute atomic E-state index is 13.5. The molecule has 8 heteroatoms. The van der Waals surface area contributed by atoms with Crippen LogP contribution in [0.4, 0.5) is 0 Å². The molecule has 1 aromatic heterocycles. The van der Waals surface area contributed by atoms with E-state index in [4.69, 9.17) is 10.5 Å². The molecule has 1 aliphatic carbocycles. The average Bonchev–Trinajstić information content (AvgIpc) is 3.45. The van der Waals surface area contributed by atoms with E-state index in [1.807, 2.05) is 23.6 Å². The highest BCUT2D eigenvalue weighted by molar-refractivity contribution is 7.09. The molecule has 3 fully saturated rings. The highest BCUT2D eigenvalue weighted by Crippen LogP contribution is 2.55. The van der Waals surface area contributed by atoms with Crippen molar-refractivity contribution >= 4 is 29.1 Å². The lowest BCUT2D eigenvalue weighted by Gasteiger charge is -2.34. The molecule has 154 valence electrons. The molecule has 5 atom stereocenters. The van der Waals surface area contributed by atoms with E-state index in [0.717, 1.165) is 30.6 Å². The lowest BCUT2D eigenvalue weighted by molar-refractivity contribution is -0.142. The van der Waals surface area contributed by atoms with Gasteiger partial charge in [0.15, 0.2) is 0 Å². The zero-order valence-electron chi connectivity index (χ0n) is 16.1. The minimum Gasteiger partial charge on any atom is -0.369 e.